The van der Waals surface area contributed by atoms with Gasteiger partial charge in [0.1, 0.15) is 23.2 Å². The van der Waals surface area contributed by atoms with Crippen LogP contribution in [0.2, 0.25) is 0 Å². The molecule has 0 saturated carbocycles. The molecule has 5 heteroatoms. The predicted octanol–water partition coefficient (Wildman–Crippen LogP) is 4.95. The number of nitrogens with one attached hydrogen (secondary N) is 1. The third-order valence-corrected chi connectivity index (χ3v) is 4.40. The van der Waals surface area contributed by atoms with Gasteiger partial charge in [-0.05, 0) is 36.2 Å². The van der Waals surface area contributed by atoms with Crippen molar-refractivity contribution in [3.05, 3.63) is 60.4 Å². The Labute approximate surface area is 145 Å². The van der Waals surface area contributed by atoms with Crippen LogP contribution < -0.4 is 10.1 Å². The highest BCUT2D eigenvalue weighted by molar-refractivity contribution is 6.05. The van der Waals surface area contributed by atoms with Crippen LogP contribution in [-0.2, 0) is 0 Å². The van der Waals surface area contributed by atoms with E-state index in [0.29, 0.717) is 11.4 Å². The summed E-state index contributed by atoms with van der Waals surface area (Å²) >= 11 is 0. The smallest absolute Gasteiger partial charge is 0.196 e. The number of anilines is 1. The third-order valence-electron chi connectivity index (χ3n) is 4.40. The Morgan fingerprint density at radius 3 is 2.64 bits per heavy atom. The zero-order valence-electron chi connectivity index (χ0n) is 14.2. The molecule has 2 heterocycles. The molecule has 0 saturated heterocycles. The van der Waals surface area contributed by atoms with Crippen LogP contribution in [0.25, 0.3) is 22.1 Å². The minimum atomic E-state index is 0.122. The lowest BCUT2D eigenvalue weighted by molar-refractivity contribution is 0.414. The number of ether oxygens (including phenoxy) is 1. The van der Waals surface area contributed by atoms with E-state index >= 15 is 0 Å². The average molecular weight is 333 g/mol. The van der Waals surface area contributed by atoms with Crippen molar-refractivity contribution >= 4 is 27.9 Å². The van der Waals surface area contributed by atoms with Gasteiger partial charge in [0.05, 0.1) is 13.2 Å². The zero-order chi connectivity index (χ0) is 17.2. The highest BCUT2D eigenvalue weighted by Crippen LogP contribution is 2.32. The van der Waals surface area contributed by atoms with Crippen LogP contribution in [0, 0.1) is 0 Å². The molecule has 0 spiro atoms. The average Bonchev–Trinajstić information content (AvgIpc) is 3.06. The first-order valence-electron chi connectivity index (χ1n) is 8.33. The van der Waals surface area contributed by atoms with Crippen molar-refractivity contribution in [2.45, 2.75) is 19.4 Å². The van der Waals surface area contributed by atoms with Crippen molar-refractivity contribution in [1.82, 2.24) is 9.97 Å². The van der Waals surface area contributed by atoms with Gasteiger partial charge in [0.15, 0.2) is 11.4 Å². The second-order valence-corrected chi connectivity index (χ2v) is 5.88. The highest BCUT2D eigenvalue weighted by atomic mass is 16.5. The molecule has 0 bridgehead atoms. The number of methoxy groups -OCH3 is 1. The maximum absolute atomic E-state index is 5.99. The summed E-state index contributed by atoms with van der Waals surface area (Å²) in [5, 5.41) is 4.50. The van der Waals surface area contributed by atoms with Gasteiger partial charge in [0.2, 0.25) is 0 Å². The van der Waals surface area contributed by atoms with Gasteiger partial charge in [-0.1, -0.05) is 31.2 Å². The van der Waals surface area contributed by atoms with Crippen LogP contribution in [0.5, 0.6) is 5.75 Å². The first-order chi connectivity index (χ1) is 12.3. The first-order valence-corrected chi connectivity index (χ1v) is 8.33. The molecule has 1 atom stereocenters. The Balaban J connectivity index is 1.73. The summed E-state index contributed by atoms with van der Waals surface area (Å²) in [6.07, 6.45) is 2.49. The molecule has 0 amide bonds. The Kier molecular flexibility index (Phi) is 3.98. The van der Waals surface area contributed by atoms with E-state index in [4.69, 9.17) is 9.15 Å². The molecular weight excluding hydrogens is 314 g/mol. The molecular formula is C20H19N3O2. The molecule has 1 unspecified atom stereocenters. The van der Waals surface area contributed by atoms with Crippen molar-refractivity contribution in [3.8, 4) is 5.75 Å². The van der Waals surface area contributed by atoms with Gasteiger partial charge in [-0.3, -0.25) is 0 Å². The SMILES string of the molecule is CCC(Nc1ncnc2c1oc1ccccc12)c1ccc(OC)cc1. The molecule has 25 heavy (non-hydrogen) atoms. The summed E-state index contributed by atoms with van der Waals surface area (Å²) in [5.74, 6) is 1.56. The Morgan fingerprint density at radius 1 is 1.08 bits per heavy atom. The summed E-state index contributed by atoms with van der Waals surface area (Å²) in [4.78, 5) is 8.81. The monoisotopic (exact) mass is 333 g/mol. The molecule has 4 rings (SSSR count). The fraction of sp³-hybridized carbons (Fsp3) is 0.200. The van der Waals surface area contributed by atoms with Crippen molar-refractivity contribution in [2.75, 3.05) is 12.4 Å². The molecule has 5 nitrogen and oxygen atoms in total. The van der Waals surface area contributed by atoms with Crippen LogP contribution in [0.3, 0.4) is 0 Å². The summed E-state index contributed by atoms with van der Waals surface area (Å²) in [6.45, 7) is 2.14. The number of hydrogen-bond acceptors (Lipinski definition) is 5. The molecule has 2 aromatic carbocycles. The van der Waals surface area contributed by atoms with E-state index in [2.05, 4.69) is 34.3 Å². The number of para-hydroxylation sites is 1. The molecule has 126 valence electrons. The molecule has 0 aliphatic rings. The topological polar surface area (TPSA) is 60.2 Å². The summed E-state index contributed by atoms with van der Waals surface area (Å²) in [7, 11) is 1.67. The minimum Gasteiger partial charge on any atom is -0.497 e. The van der Waals surface area contributed by atoms with E-state index in [0.717, 1.165) is 28.7 Å². The van der Waals surface area contributed by atoms with Crippen LogP contribution in [0.15, 0.2) is 59.3 Å². The molecule has 0 aliphatic carbocycles. The van der Waals surface area contributed by atoms with E-state index < -0.39 is 0 Å². The largest absolute Gasteiger partial charge is 0.497 e. The normalized spacial score (nSPS) is 12.4. The number of rotatable bonds is 5. The fourth-order valence-electron chi connectivity index (χ4n) is 3.05. The predicted molar refractivity (Wildman–Crippen MR) is 99.0 cm³/mol. The van der Waals surface area contributed by atoms with E-state index in [1.165, 1.54) is 5.56 Å². The van der Waals surface area contributed by atoms with Gasteiger partial charge in [0, 0.05) is 5.39 Å². The van der Waals surface area contributed by atoms with Crippen LogP contribution in [0.1, 0.15) is 24.9 Å². The van der Waals surface area contributed by atoms with E-state index in [1.807, 2.05) is 36.4 Å². The third kappa shape index (κ3) is 2.78. The Bertz CT molecular complexity index is 1010. The molecule has 0 aliphatic heterocycles. The second-order valence-electron chi connectivity index (χ2n) is 5.88. The van der Waals surface area contributed by atoms with Crippen molar-refractivity contribution in [2.24, 2.45) is 0 Å². The van der Waals surface area contributed by atoms with Crippen LogP contribution >= 0.6 is 0 Å². The zero-order valence-corrected chi connectivity index (χ0v) is 14.2. The molecule has 0 radical (unpaired) electrons. The number of furan rings is 1. The number of fused-ring (bicyclic) bond motifs is 3. The standard InChI is InChI=1S/C20H19N3O2/c1-3-16(13-8-10-14(24-2)11-9-13)23-20-19-18(21-12-22-20)15-6-4-5-7-17(15)25-19/h4-12,16H,3H2,1-2H3,(H,21,22,23). The fourth-order valence-corrected chi connectivity index (χ4v) is 3.05. The quantitative estimate of drug-likeness (QED) is 0.560. The van der Waals surface area contributed by atoms with Gasteiger partial charge in [-0.2, -0.15) is 0 Å². The van der Waals surface area contributed by atoms with E-state index in [1.54, 1.807) is 13.4 Å². The summed E-state index contributed by atoms with van der Waals surface area (Å²) in [5.41, 5.74) is 3.51. The summed E-state index contributed by atoms with van der Waals surface area (Å²) < 4.78 is 11.2. The van der Waals surface area contributed by atoms with E-state index in [-0.39, 0.29) is 6.04 Å². The number of benzene rings is 2. The Morgan fingerprint density at radius 2 is 1.88 bits per heavy atom. The van der Waals surface area contributed by atoms with Gasteiger partial charge in [-0.15, -0.1) is 0 Å². The van der Waals surface area contributed by atoms with Crippen molar-refractivity contribution in [1.29, 1.82) is 0 Å². The highest BCUT2D eigenvalue weighted by Gasteiger charge is 2.16. The lowest BCUT2D eigenvalue weighted by atomic mass is 10.0. The van der Waals surface area contributed by atoms with Crippen molar-refractivity contribution in [3.63, 3.8) is 0 Å². The number of hydrogen-bond donors (Lipinski definition) is 1. The first kappa shape index (κ1) is 15.4. The van der Waals surface area contributed by atoms with Gasteiger partial charge >= 0.3 is 0 Å². The number of aromatic nitrogens is 2. The van der Waals surface area contributed by atoms with Gasteiger partial charge in [0.25, 0.3) is 0 Å². The van der Waals surface area contributed by atoms with Crippen molar-refractivity contribution < 1.29 is 9.15 Å². The maximum Gasteiger partial charge on any atom is 0.196 e. The lowest BCUT2D eigenvalue weighted by Gasteiger charge is -2.18. The van der Waals surface area contributed by atoms with Gasteiger partial charge < -0.3 is 14.5 Å². The minimum absolute atomic E-state index is 0.122. The van der Waals surface area contributed by atoms with E-state index in [9.17, 15) is 0 Å². The molecule has 4 aromatic rings. The Hall–Kier alpha value is -3.08. The second kappa shape index (κ2) is 6.43. The number of nitrogens with zero attached hydrogens (tertiary/aromatic N) is 2. The molecule has 1 N–H and O–H groups in total. The maximum atomic E-state index is 5.99. The molecule has 0 fully saturated rings. The van der Waals surface area contributed by atoms with Crippen LogP contribution in [0.4, 0.5) is 5.82 Å². The lowest BCUT2D eigenvalue weighted by Crippen LogP contribution is -2.11. The molecule has 2 aromatic heterocycles. The summed E-state index contributed by atoms with van der Waals surface area (Å²) in [6, 6.07) is 16.1. The van der Waals surface area contributed by atoms with Gasteiger partial charge in [-0.25, -0.2) is 9.97 Å². The van der Waals surface area contributed by atoms with Crippen LogP contribution in [-0.4, -0.2) is 17.1 Å².